The smallest absolute Gasteiger partial charge is 0.119 e. The third-order valence-electron chi connectivity index (χ3n) is 3.26. The van der Waals surface area contributed by atoms with Crippen LogP contribution in [0.3, 0.4) is 0 Å². The molecule has 0 unspecified atom stereocenters. The quantitative estimate of drug-likeness (QED) is 0.750. The molecular weight excluding hydrogens is 266 g/mol. The molecule has 0 amide bonds. The van der Waals surface area contributed by atoms with E-state index in [1.54, 1.807) is 7.11 Å². The largest absolute Gasteiger partial charge is 0.497 e. The van der Waals surface area contributed by atoms with Crippen LogP contribution in [-0.4, -0.2) is 48.0 Å². The van der Waals surface area contributed by atoms with Crippen molar-refractivity contribution in [2.24, 2.45) is 0 Å². The maximum absolute atomic E-state index is 9.18. The number of nitrogens with zero attached hydrogens (tertiary/aromatic N) is 1. The lowest BCUT2D eigenvalue weighted by Crippen LogP contribution is -2.33. The molecule has 0 atom stereocenters. The maximum Gasteiger partial charge on any atom is 0.119 e. The molecule has 0 aromatic heterocycles. The molecule has 2 N–H and O–H groups in total. The Morgan fingerprint density at radius 3 is 2.57 bits per heavy atom. The van der Waals surface area contributed by atoms with E-state index in [1.165, 1.54) is 0 Å². The van der Waals surface area contributed by atoms with E-state index in [-0.39, 0.29) is 13.2 Å². The van der Waals surface area contributed by atoms with Crippen LogP contribution in [0.4, 0.5) is 0 Å². The first kappa shape index (κ1) is 17.5. The van der Waals surface area contributed by atoms with Crippen molar-refractivity contribution >= 4 is 0 Å². The van der Waals surface area contributed by atoms with Gasteiger partial charge in [-0.15, -0.1) is 0 Å². The van der Waals surface area contributed by atoms with Crippen LogP contribution < -0.4 is 4.74 Å². The molecule has 0 aliphatic carbocycles. The normalized spacial score (nSPS) is 10.6. The van der Waals surface area contributed by atoms with E-state index in [2.05, 4.69) is 30.6 Å². The fourth-order valence-electron chi connectivity index (χ4n) is 2.03. The third kappa shape index (κ3) is 5.76. The van der Waals surface area contributed by atoms with E-state index in [1.807, 2.05) is 18.2 Å². The first-order valence-electron chi connectivity index (χ1n) is 7.24. The molecule has 0 saturated heterocycles. The van der Waals surface area contributed by atoms with Gasteiger partial charge >= 0.3 is 0 Å². The van der Waals surface area contributed by atoms with Gasteiger partial charge in [0, 0.05) is 31.1 Å². The van der Waals surface area contributed by atoms with Crippen LogP contribution in [-0.2, 0) is 6.54 Å². The second kappa shape index (κ2) is 9.41. The summed E-state index contributed by atoms with van der Waals surface area (Å²) in [4.78, 5) is 2.19. The molecule has 1 aromatic carbocycles. The zero-order chi connectivity index (χ0) is 15.7. The molecule has 0 bridgehead atoms. The monoisotopic (exact) mass is 291 g/mol. The minimum Gasteiger partial charge on any atom is -0.497 e. The Balaban J connectivity index is 3.03. The Morgan fingerprint density at radius 2 is 2.00 bits per heavy atom. The second-order valence-electron chi connectivity index (χ2n) is 5.09. The minimum absolute atomic E-state index is 0.0706. The maximum atomic E-state index is 9.18. The second-order valence-corrected chi connectivity index (χ2v) is 5.09. The Hall–Kier alpha value is -1.54. The van der Waals surface area contributed by atoms with Gasteiger partial charge < -0.3 is 14.9 Å². The average Bonchev–Trinajstić information content (AvgIpc) is 2.48. The summed E-state index contributed by atoms with van der Waals surface area (Å²) >= 11 is 0. The summed E-state index contributed by atoms with van der Waals surface area (Å²) in [5.41, 5.74) is 2.01. The van der Waals surface area contributed by atoms with Gasteiger partial charge in [-0.2, -0.15) is 0 Å². The molecule has 4 nitrogen and oxygen atoms in total. The topological polar surface area (TPSA) is 52.9 Å². The SMILES string of the molecule is COc1ccc(C#CCCO)c(CN(CCO)C(C)C)c1. The van der Waals surface area contributed by atoms with Crippen molar-refractivity contribution < 1.29 is 14.9 Å². The Bertz CT molecular complexity index is 489. The lowest BCUT2D eigenvalue weighted by atomic mass is 10.1. The number of ether oxygens (including phenoxy) is 1. The van der Waals surface area contributed by atoms with Gasteiger partial charge in [0.25, 0.3) is 0 Å². The highest BCUT2D eigenvalue weighted by Gasteiger charge is 2.12. The van der Waals surface area contributed by atoms with Crippen molar-refractivity contribution in [3.05, 3.63) is 29.3 Å². The van der Waals surface area contributed by atoms with Gasteiger partial charge in [0.1, 0.15) is 5.75 Å². The van der Waals surface area contributed by atoms with Crippen molar-refractivity contribution in [2.45, 2.75) is 32.9 Å². The van der Waals surface area contributed by atoms with Crippen LogP contribution in [0, 0.1) is 11.8 Å². The van der Waals surface area contributed by atoms with Crippen molar-refractivity contribution in [3.63, 3.8) is 0 Å². The summed E-state index contributed by atoms with van der Waals surface area (Å²) in [6.45, 7) is 5.74. The predicted molar refractivity (Wildman–Crippen MR) is 84.2 cm³/mol. The van der Waals surface area contributed by atoms with Crippen LogP contribution in [0.15, 0.2) is 18.2 Å². The van der Waals surface area contributed by atoms with Crippen LogP contribution >= 0.6 is 0 Å². The van der Waals surface area contributed by atoms with Crippen molar-refractivity contribution in [3.8, 4) is 17.6 Å². The van der Waals surface area contributed by atoms with Gasteiger partial charge in [-0.1, -0.05) is 11.8 Å². The minimum atomic E-state index is 0.0706. The molecule has 1 aromatic rings. The van der Waals surface area contributed by atoms with Crippen molar-refractivity contribution in [1.82, 2.24) is 4.90 Å². The van der Waals surface area contributed by atoms with Crippen LogP contribution in [0.25, 0.3) is 0 Å². The molecule has 0 aliphatic heterocycles. The summed E-state index contributed by atoms with van der Waals surface area (Å²) in [7, 11) is 1.64. The zero-order valence-electron chi connectivity index (χ0n) is 13.1. The number of rotatable bonds is 7. The first-order valence-corrected chi connectivity index (χ1v) is 7.24. The molecule has 0 aliphatic rings. The Kier molecular flexibility index (Phi) is 7.84. The average molecular weight is 291 g/mol. The highest BCUT2D eigenvalue weighted by Crippen LogP contribution is 2.19. The van der Waals surface area contributed by atoms with Crippen molar-refractivity contribution in [1.29, 1.82) is 0 Å². The fourth-order valence-corrected chi connectivity index (χ4v) is 2.03. The molecule has 0 heterocycles. The molecule has 21 heavy (non-hydrogen) atoms. The lowest BCUT2D eigenvalue weighted by Gasteiger charge is -2.26. The van der Waals surface area contributed by atoms with Gasteiger partial charge in [-0.05, 0) is 37.6 Å². The zero-order valence-corrected chi connectivity index (χ0v) is 13.1. The molecule has 0 radical (unpaired) electrons. The molecule has 1 rings (SSSR count). The Labute approximate surface area is 127 Å². The molecule has 0 fully saturated rings. The Morgan fingerprint density at radius 1 is 1.24 bits per heavy atom. The number of hydrogen-bond acceptors (Lipinski definition) is 4. The molecule has 0 saturated carbocycles. The van der Waals surface area contributed by atoms with E-state index in [4.69, 9.17) is 9.84 Å². The van der Waals surface area contributed by atoms with Gasteiger partial charge in [0.15, 0.2) is 0 Å². The third-order valence-corrected chi connectivity index (χ3v) is 3.26. The highest BCUT2D eigenvalue weighted by atomic mass is 16.5. The van der Waals surface area contributed by atoms with E-state index in [0.29, 0.717) is 25.6 Å². The van der Waals surface area contributed by atoms with Crippen molar-refractivity contribution in [2.75, 3.05) is 26.9 Å². The van der Waals surface area contributed by atoms with Gasteiger partial charge in [-0.25, -0.2) is 0 Å². The molecule has 116 valence electrons. The number of hydrogen-bond donors (Lipinski definition) is 2. The van der Waals surface area contributed by atoms with E-state index in [0.717, 1.165) is 16.9 Å². The number of benzene rings is 1. The summed E-state index contributed by atoms with van der Waals surface area (Å²) in [5, 5.41) is 18.0. The van der Waals surface area contributed by atoms with E-state index >= 15 is 0 Å². The molecule has 4 heteroatoms. The number of aliphatic hydroxyl groups is 2. The summed E-state index contributed by atoms with van der Waals surface area (Å²) in [5.74, 6) is 6.85. The predicted octanol–water partition coefficient (Wildman–Crippen LogP) is 1.63. The number of aliphatic hydroxyl groups excluding tert-OH is 2. The first-order chi connectivity index (χ1) is 10.1. The molecule has 0 spiro atoms. The van der Waals surface area contributed by atoms with Crippen LogP contribution in [0.1, 0.15) is 31.4 Å². The van der Waals surface area contributed by atoms with Crippen LogP contribution in [0.5, 0.6) is 5.75 Å². The van der Waals surface area contributed by atoms with E-state index in [9.17, 15) is 5.11 Å². The standard InChI is InChI=1S/C17H25NO3/c1-14(2)18(9-11-20)13-16-12-17(21-3)8-7-15(16)6-4-5-10-19/h7-8,12,14,19-20H,5,9-11,13H2,1-3H3. The fraction of sp³-hybridized carbons (Fsp3) is 0.529. The summed E-state index contributed by atoms with van der Waals surface area (Å²) in [6, 6.07) is 6.14. The highest BCUT2D eigenvalue weighted by molar-refractivity contribution is 5.45. The van der Waals surface area contributed by atoms with Crippen LogP contribution in [0.2, 0.25) is 0 Å². The molecular formula is C17H25NO3. The van der Waals surface area contributed by atoms with Gasteiger partial charge in [0.05, 0.1) is 20.3 Å². The van der Waals surface area contributed by atoms with Gasteiger partial charge in [0.2, 0.25) is 0 Å². The summed E-state index contributed by atoms with van der Waals surface area (Å²) < 4.78 is 5.28. The van der Waals surface area contributed by atoms with E-state index < -0.39 is 0 Å². The summed E-state index contributed by atoms with van der Waals surface area (Å²) in [6.07, 6.45) is 0.468. The van der Waals surface area contributed by atoms with Gasteiger partial charge in [-0.3, -0.25) is 4.90 Å². The lowest BCUT2D eigenvalue weighted by molar-refractivity contribution is 0.159. The number of methoxy groups -OCH3 is 1.